The molecule has 0 atom stereocenters. The molecule has 0 fully saturated rings. The fraction of sp³-hybridized carbons (Fsp3) is 0.308. The molecule has 0 spiro atoms. The predicted octanol–water partition coefficient (Wildman–Crippen LogP) is 1.87. The van der Waals surface area contributed by atoms with Crippen LogP contribution in [0.4, 0.5) is 14.5 Å². The van der Waals surface area contributed by atoms with Crippen LogP contribution in [0.1, 0.15) is 17.3 Å². The molecule has 19 heavy (non-hydrogen) atoms. The molecule has 6 heteroatoms. The van der Waals surface area contributed by atoms with Crippen LogP contribution in [0.25, 0.3) is 0 Å². The Bertz CT molecular complexity index is 490. The van der Waals surface area contributed by atoms with E-state index in [1.165, 1.54) is 0 Å². The lowest BCUT2D eigenvalue weighted by atomic mass is 10.1. The molecule has 1 amide bonds. The Balaban J connectivity index is 2.55. The highest BCUT2D eigenvalue weighted by atomic mass is 19.1. The van der Waals surface area contributed by atoms with Crippen molar-refractivity contribution in [1.29, 1.82) is 0 Å². The third-order valence-corrected chi connectivity index (χ3v) is 2.23. The Morgan fingerprint density at radius 2 is 2.16 bits per heavy atom. The van der Waals surface area contributed by atoms with E-state index in [-0.39, 0.29) is 18.8 Å². The van der Waals surface area contributed by atoms with Crippen molar-refractivity contribution in [3.8, 4) is 0 Å². The van der Waals surface area contributed by atoms with Crippen molar-refractivity contribution in [2.24, 2.45) is 0 Å². The standard InChI is InChI=1S/C13H16F2N2O2/c1-8(2)7-19-6-5-17-13(18)11-9(14)3-4-10(16)12(11)15/h3-4H,1,5-7,16H2,2H3,(H,17,18). The van der Waals surface area contributed by atoms with Crippen LogP contribution in [0, 0.1) is 11.6 Å². The molecule has 0 heterocycles. The van der Waals surface area contributed by atoms with Crippen LogP contribution in [-0.2, 0) is 4.74 Å². The number of nitrogen functional groups attached to an aromatic ring is 1. The van der Waals surface area contributed by atoms with E-state index in [0.29, 0.717) is 6.61 Å². The highest BCUT2D eigenvalue weighted by molar-refractivity contribution is 5.95. The summed E-state index contributed by atoms with van der Waals surface area (Å²) in [5, 5.41) is 2.35. The first-order chi connectivity index (χ1) is 8.93. The zero-order valence-electron chi connectivity index (χ0n) is 10.6. The number of amides is 1. The average Bonchev–Trinajstić information content (AvgIpc) is 2.33. The van der Waals surface area contributed by atoms with Crippen molar-refractivity contribution in [2.75, 3.05) is 25.5 Å². The molecule has 0 aliphatic heterocycles. The molecule has 0 aromatic heterocycles. The minimum Gasteiger partial charge on any atom is -0.396 e. The summed E-state index contributed by atoms with van der Waals surface area (Å²) >= 11 is 0. The van der Waals surface area contributed by atoms with Gasteiger partial charge < -0.3 is 15.8 Å². The van der Waals surface area contributed by atoms with E-state index in [4.69, 9.17) is 10.5 Å². The number of anilines is 1. The Labute approximate surface area is 110 Å². The summed E-state index contributed by atoms with van der Waals surface area (Å²) in [4.78, 5) is 11.6. The Morgan fingerprint density at radius 3 is 2.79 bits per heavy atom. The van der Waals surface area contributed by atoms with Gasteiger partial charge in [0.25, 0.3) is 5.91 Å². The SMILES string of the molecule is C=C(C)COCCNC(=O)c1c(F)ccc(N)c1F. The number of carbonyl (C=O) groups excluding carboxylic acids is 1. The molecule has 0 bridgehead atoms. The topological polar surface area (TPSA) is 64.3 Å². The highest BCUT2D eigenvalue weighted by Gasteiger charge is 2.18. The van der Waals surface area contributed by atoms with Gasteiger partial charge in [-0.1, -0.05) is 12.2 Å². The number of nitrogens with two attached hydrogens (primary N) is 1. The van der Waals surface area contributed by atoms with Crippen LogP contribution in [0.2, 0.25) is 0 Å². The summed E-state index contributed by atoms with van der Waals surface area (Å²) in [6.45, 7) is 6.18. The fourth-order valence-electron chi connectivity index (χ4n) is 1.35. The fourth-order valence-corrected chi connectivity index (χ4v) is 1.35. The normalized spacial score (nSPS) is 10.3. The van der Waals surface area contributed by atoms with Gasteiger partial charge in [-0.15, -0.1) is 0 Å². The maximum atomic E-state index is 13.5. The first-order valence-corrected chi connectivity index (χ1v) is 5.67. The van der Waals surface area contributed by atoms with Crippen molar-refractivity contribution in [2.45, 2.75) is 6.92 Å². The number of halogens is 2. The Hall–Kier alpha value is -1.95. The summed E-state index contributed by atoms with van der Waals surface area (Å²) in [7, 11) is 0. The maximum Gasteiger partial charge on any atom is 0.257 e. The minimum atomic E-state index is -1.06. The van der Waals surface area contributed by atoms with Gasteiger partial charge in [-0.25, -0.2) is 8.78 Å². The number of carbonyl (C=O) groups is 1. The lowest BCUT2D eigenvalue weighted by molar-refractivity contribution is 0.0918. The van der Waals surface area contributed by atoms with E-state index >= 15 is 0 Å². The minimum absolute atomic E-state index is 0.139. The molecule has 3 N–H and O–H groups in total. The number of nitrogens with one attached hydrogen (secondary N) is 1. The van der Waals surface area contributed by atoms with E-state index in [1.807, 2.05) is 0 Å². The van der Waals surface area contributed by atoms with Crippen molar-refractivity contribution in [3.05, 3.63) is 41.5 Å². The van der Waals surface area contributed by atoms with Gasteiger partial charge >= 0.3 is 0 Å². The molecular formula is C13H16F2N2O2. The maximum absolute atomic E-state index is 13.5. The molecule has 1 rings (SSSR count). The number of hydrogen-bond acceptors (Lipinski definition) is 3. The van der Waals surface area contributed by atoms with Gasteiger partial charge in [0, 0.05) is 6.54 Å². The first-order valence-electron chi connectivity index (χ1n) is 5.67. The van der Waals surface area contributed by atoms with Crippen LogP contribution in [0.5, 0.6) is 0 Å². The molecule has 0 saturated heterocycles. The highest BCUT2D eigenvalue weighted by Crippen LogP contribution is 2.18. The zero-order valence-corrected chi connectivity index (χ0v) is 10.6. The molecule has 104 valence electrons. The largest absolute Gasteiger partial charge is 0.396 e. The Kier molecular flexibility index (Phi) is 5.44. The summed E-state index contributed by atoms with van der Waals surface area (Å²) in [6.07, 6.45) is 0. The van der Waals surface area contributed by atoms with E-state index in [0.717, 1.165) is 17.7 Å². The van der Waals surface area contributed by atoms with Crippen LogP contribution < -0.4 is 11.1 Å². The van der Waals surface area contributed by atoms with Crippen molar-refractivity contribution in [1.82, 2.24) is 5.32 Å². The monoisotopic (exact) mass is 270 g/mol. The Morgan fingerprint density at radius 1 is 1.47 bits per heavy atom. The molecule has 1 aromatic carbocycles. The van der Waals surface area contributed by atoms with E-state index < -0.39 is 23.1 Å². The zero-order chi connectivity index (χ0) is 14.4. The smallest absolute Gasteiger partial charge is 0.257 e. The van der Waals surface area contributed by atoms with Gasteiger partial charge in [-0.2, -0.15) is 0 Å². The van der Waals surface area contributed by atoms with Gasteiger partial charge in [0.15, 0.2) is 5.82 Å². The summed E-state index contributed by atoms with van der Waals surface area (Å²) in [5.74, 6) is -2.87. The second-order valence-corrected chi connectivity index (χ2v) is 4.09. The van der Waals surface area contributed by atoms with E-state index in [1.54, 1.807) is 6.92 Å². The molecule has 0 saturated carbocycles. The van der Waals surface area contributed by atoms with Gasteiger partial charge in [0.05, 0.1) is 18.9 Å². The molecule has 0 radical (unpaired) electrons. The van der Waals surface area contributed by atoms with Crippen LogP contribution in [0.3, 0.4) is 0 Å². The van der Waals surface area contributed by atoms with E-state index in [2.05, 4.69) is 11.9 Å². The third-order valence-electron chi connectivity index (χ3n) is 2.23. The van der Waals surface area contributed by atoms with Crippen LogP contribution in [-0.4, -0.2) is 25.7 Å². The third kappa shape index (κ3) is 4.33. The number of benzene rings is 1. The quantitative estimate of drug-likeness (QED) is 0.471. The molecular weight excluding hydrogens is 254 g/mol. The summed E-state index contributed by atoms with van der Waals surface area (Å²) in [5.41, 5.74) is 5.17. The molecule has 0 aliphatic rings. The van der Waals surface area contributed by atoms with Crippen molar-refractivity contribution in [3.63, 3.8) is 0 Å². The molecule has 1 aromatic rings. The number of rotatable bonds is 6. The second kappa shape index (κ2) is 6.84. The summed E-state index contributed by atoms with van der Waals surface area (Å²) < 4.78 is 32.0. The molecule has 0 aliphatic carbocycles. The molecule has 4 nitrogen and oxygen atoms in total. The van der Waals surface area contributed by atoms with Crippen molar-refractivity contribution < 1.29 is 18.3 Å². The van der Waals surface area contributed by atoms with Gasteiger partial charge in [0.2, 0.25) is 0 Å². The van der Waals surface area contributed by atoms with Gasteiger partial charge in [-0.3, -0.25) is 4.79 Å². The second-order valence-electron chi connectivity index (χ2n) is 4.09. The summed E-state index contributed by atoms with van der Waals surface area (Å²) in [6, 6.07) is 2.02. The number of ether oxygens (including phenoxy) is 1. The molecule has 0 unspecified atom stereocenters. The lowest BCUT2D eigenvalue weighted by Crippen LogP contribution is -2.29. The lowest BCUT2D eigenvalue weighted by Gasteiger charge is -2.09. The first kappa shape index (κ1) is 15.1. The van der Waals surface area contributed by atoms with E-state index in [9.17, 15) is 13.6 Å². The van der Waals surface area contributed by atoms with Crippen LogP contribution in [0.15, 0.2) is 24.3 Å². The van der Waals surface area contributed by atoms with Crippen LogP contribution >= 0.6 is 0 Å². The number of hydrogen-bond donors (Lipinski definition) is 2. The van der Waals surface area contributed by atoms with Gasteiger partial charge in [0.1, 0.15) is 11.4 Å². The average molecular weight is 270 g/mol. The van der Waals surface area contributed by atoms with Gasteiger partial charge in [-0.05, 0) is 19.1 Å². The predicted molar refractivity (Wildman–Crippen MR) is 68.7 cm³/mol. The van der Waals surface area contributed by atoms with Crippen molar-refractivity contribution >= 4 is 11.6 Å².